The monoisotopic (exact) mass is 586 g/mol. The van der Waals surface area contributed by atoms with Crippen LogP contribution in [0.3, 0.4) is 0 Å². The van der Waals surface area contributed by atoms with Gasteiger partial charge in [0.05, 0.1) is 46.0 Å². The van der Waals surface area contributed by atoms with Crippen molar-refractivity contribution in [3.05, 3.63) is 59.7 Å². The minimum Gasteiger partial charge on any atom is -0.462 e. The van der Waals surface area contributed by atoms with E-state index in [1.54, 1.807) is 12.1 Å². The Hall–Kier alpha value is -3.43. The molecule has 2 aromatic carbocycles. The normalized spacial score (nSPS) is 26.5. The van der Waals surface area contributed by atoms with E-state index in [0.717, 1.165) is 17.7 Å². The lowest BCUT2D eigenvalue weighted by molar-refractivity contribution is -0.123. The topological polar surface area (TPSA) is 119 Å². The smallest absolute Gasteiger partial charge is 0.338 e. The Bertz CT molecular complexity index is 1300. The average molecular weight is 587 g/mol. The Morgan fingerprint density at radius 1 is 0.850 bits per heavy atom. The number of alkyl halides is 2. The lowest BCUT2D eigenvalue weighted by Gasteiger charge is -2.28. The molecule has 2 aromatic rings. The molecule has 11 heteroatoms. The van der Waals surface area contributed by atoms with Crippen molar-refractivity contribution >= 4 is 64.2 Å². The number of amides is 3. The van der Waals surface area contributed by atoms with Crippen LogP contribution in [0.4, 0.5) is 11.4 Å². The summed E-state index contributed by atoms with van der Waals surface area (Å²) >= 11 is 12.8. The maximum atomic E-state index is 13.1. The first-order valence-corrected chi connectivity index (χ1v) is 14.1. The van der Waals surface area contributed by atoms with Gasteiger partial charge in [-0.25, -0.2) is 9.59 Å². The molecule has 1 heterocycles. The highest BCUT2D eigenvalue weighted by Gasteiger charge is 2.66. The predicted molar refractivity (Wildman–Crippen MR) is 147 cm³/mol. The molecule has 9 nitrogen and oxygen atoms in total. The van der Waals surface area contributed by atoms with E-state index in [-0.39, 0.29) is 40.0 Å². The minimum atomic E-state index is -0.740. The average Bonchev–Trinajstić information content (AvgIpc) is 3.57. The van der Waals surface area contributed by atoms with E-state index in [1.807, 2.05) is 6.92 Å². The molecule has 0 unspecified atom stereocenters. The van der Waals surface area contributed by atoms with E-state index in [0.29, 0.717) is 30.0 Å². The predicted octanol–water partition coefficient (Wildman–Crippen LogP) is 4.41. The summed E-state index contributed by atoms with van der Waals surface area (Å²) in [4.78, 5) is 64.2. The molecule has 5 rings (SSSR count). The molecular formula is C29H28Cl2N2O7. The lowest BCUT2D eigenvalue weighted by atomic mass is 9.80. The largest absolute Gasteiger partial charge is 0.462 e. The van der Waals surface area contributed by atoms with Gasteiger partial charge in [-0.2, -0.15) is 0 Å². The number of carbonyl (C=O) groups is 5. The third kappa shape index (κ3) is 5.20. The highest BCUT2D eigenvalue weighted by atomic mass is 35.5. The van der Waals surface area contributed by atoms with Gasteiger partial charge in [0, 0.05) is 5.69 Å². The number of hydrogen-bond acceptors (Lipinski definition) is 7. The van der Waals surface area contributed by atoms with Crippen LogP contribution in [0.1, 0.15) is 46.9 Å². The number of rotatable bonds is 9. The maximum absolute atomic E-state index is 13.1. The van der Waals surface area contributed by atoms with Crippen molar-refractivity contribution in [2.45, 2.75) is 36.9 Å². The summed E-state index contributed by atoms with van der Waals surface area (Å²) in [6, 6.07) is 12.0. The summed E-state index contributed by atoms with van der Waals surface area (Å²) in [5, 5.41) is 1.92. The third-order valence-electron chi connectivity index (χ3n) is 7.82. The molecule has 6 atom stereocenters. The minimum absolute atomic E-state index is 0.119. The van der Waals surface area contributed by atoms with Crippen LogP contribution in [0.2, 0.25) is 0 Å². The fourth-order valence-corrected chi connectivity index (χ4v) is 6.74. The van der Waals surface area contributed by atoms with Gasteiger partial charge in [-0.1, -0.05) is 13.3 Å². The number of unbranched alkanes of at least 4 members (excludes halogenated alkanes) is 1. The molecule has 1 N–H and O–H groups in total. The van der Waals surface area contributed by atoms with Gasteiger partial charge in [0.15, 0.2) is 6.61 Å². The van der Waals surface area contributed by atoms with Crippen LogP contribution in [-0.4, -0.2) is 53.6 Å². The molecule has 3 amide bonds. The van der Waals surface area contributed by atoms with Crippen molar-refractivity contribution in [3.8, 4) is 0 Å². The number of anilines is 2. The number of imide groups is 1. The van der Waals surface area contributed by atoms with Gasteiger partial charge in [-0.15, -0.1) is 23.2 Å². The Morgan fingerprint density at radius 2 is 1.38 bits per heavy atom. The molecule has 0 radical (unpaired) electrons. The Morgan fingerprint density at radius 3 is 1.93 bits per heavy atom. The number of nitrogens with zero attached hydrogens (tertiary/aromatic N) is 1. The highest BCUT2D eigenvalue weighted by molar-refractivity contribution is 6.32. The van der Waals surface area contributed by atoms with Crippen molar-refractivity contribution < 1.29 is 33.4 Å². The molecule has 1 aliphatic heterocycles. The molecule has 2 saturated carbocycles. The number of carbonyl (C=O) groups excluding carboxylic acids is 5. The van der Waals surface area contributed by atoms with Gasteiger partial charge >= 0.3 is 11.9 Å². The third-order valence-corrected chi connectivity index (χ3v) is 9.14. The van der Waals surface area contributed by atoms with Gasteiger partial charge in [-0.05, 0) is 73.2 Å². The second-order valence-corrected chi connectivity index (χ2v) is 11.3. The number of ether oxygens (including phenoxy) is 2. The van der Waals surface area contributed by atoms with Crippen LogP contribution in [-0.2, 0) is 23.9 Å². The Kier molecular flexibility index (Phi) is 8.14. The maximum Gasteiger partial charge on any atom is 0.338 e. The number of fused-ring (bicyclic) bond motifs is 5. The second-order valence-electron chi connectivity index (χ2n) is 10.3. The number of esters is 2. The van der Waals surface area contributed by atoms with Crippen LogP contribution in [0.15, 0.2) is 48.5 Å². The van der Waals surface area contributed by atoms with E-state index >= 15 is 0 Å². The zero-order chi connectivity index (χ0) is 28.6. The van der Waals surface area contributed by atoms with Crippen LogP contribution >= 0.6 is 23.2 Å². The number of benzene rings is 2. The molecule has 3 fully saturated rings. The number of nitrogens with one attached hydrogen (secondary N) is 1. The molecule has 40 heavy (non-hydrogen) atoms. The molecular weight excluding hydrogens is 559 g/mol. The van der Waals surface area contributed by atoms with E-state index < -0.39 is 36.3 Å². The SMILES string of the molecule is CCCCOC(=O)c1ccc(NC(=O)COC(=O)c2ccc(N3C(=O)[C@@H]4[C@H]5C[C@@H]([C@H](Cl)[C@H]5Cl)[C@@H]4C3=O)cc2)cc1. The lowest BCUT2D eigenvalue weighted by Crippen LogP contribution is -2.37. The van der Waals surface area contributed by atoms with E-state index in [9.17, 15) is 24.0 Å². The summed E-state index contributed by atoms with van der Waals surface area (Å²) in [7, 11) is 0. The van der Waals surface area contributed by atoms with Gasteiger partial charge < -0.3 is 14.8 Å². The van der Waals surface area contributed by atoms with E-state index in [4.69, 9.17) is 32.7 Å². The molecule has 0 aromatic heterocycles. The quantitative estimate of drug-likeness (QED) is 0.200. The van der Waals surface area contributed by atoms with Crippen molar-refractivity contribution in [1.29, 1.82) is 0 Å². The summed E-state index contributed by atoms with van der Waals surface area (Å²) in [6.45, 7) is 1.82. The van der Waals surface area contributed by atoms with E-state index in [2.05, 4.69) is 5.32 Å². The fraction of sp³-hybridized carbons (Fsp3) is 0.414. The van der Waals surface area contributed by atoms with E-state index in [1.165, 1.54) is 36.4 Å². The van der Waals surface area contributed by atoms with Crippen molar-refractivity contribution in [2.24, 2.45) is 23.7 Å². The zero-order valence-corrected chi connectivity index (χ0v) is 23.2. The van der Waals surface area contributed by atoms with Gasteiger partial charge in [0.1, 0.15) is 0 Å². The van der Waals surface area contributed by atoms with Crippen molar-refractivity contribution in [2.75, 3.05) is 23.4 Å². The Balaban J connectivity index is 1.13. The first-order chi connectivity index (χ1) is 19.2. The van der Waals surface area contributed by atoms with Crippen LogP contribution in [0, 0.1) is 23.7 Å². The molecule has 2 aliphatic carbocycles. The summed E-state index contributed by atoms with van der Waals surface area (Å²) < 4.78 is 10.3. The van der Waals surface area contributed by atoms with Gasteiger partial charge in [-0.3, -0.25) is 19.3 Å². The second kappa shape index (κ2) is 11.6. The van der Waals surface area contributed by atoms with Gasteiger partial charge in [0.25, 0.3) is 5.91 Å². The molecule has 210 valence electrons. The van der Waals surface area contributed by atoms with Crippen molar-refractivity contribution in [1.82, 2.24) is 0 Å². The highest BCUT2D eigenvalue weighted by Crippen LogP contribution is 2.59. The van der Waals surface area contributed by atoms with Crippen LogP contribution < -0.4 is 10.2 Å². The first kappa shape index (κ1) is 28.1. The van der Waals surface area contributed by atoms with Crippen LogP contribution in [0.25, 0.3) is 0 Å². The molecule has 1 saturated heterocycles. The molecule has 3 aliphatic rings. The summed E-state index contributed by atoms with van der Waals surface area (Å²) in [5.41, 5.74) is 1.30. The first-order valence-electron chi connectivity index (χ1n) is 13.2. The fourth-order valence-electron chi connectivity index (χ4n) is 5.84. The van der Waals surface area contributed by atoms with Crippen molar-refractivity contribution in [3.63, 3.8) is 0 Å². The standard InChI is InChI=1S/C29H28Cl2N2O7/c1-2-3-12-39-28(37)15-4-8-17(9-5-15)32-21(34)14-40-29(38)16-6-10-18(11-7-16)33-26(35)22-19-13-20(23(22)27(33)36)25(31)24(19)30/h4-11,19-20,22-25H,2-3,12-14H2,1H3,(H,32,34)/t19-,20-,22-,23+,24+,25+/m1/s1. The zero-order valence-electron chi connectivity index (χ0n) is 21.7. The number of halogens is 2. The summed E-state index contributed by atoms with van der Waals surface area (Å²) in [5.74, 6) is -3.48. The Labute approximate surface area is 241 Å². The summed E-state index contributed by atoms with van der Waals surface area (Å²) in [6.07, 6.45) is 2.38. The van der Waals surface area contributed by atoms with Crippen LogP contribution in [0.5, 0.6) is 0 Å². The molecule has 0 spiro atoms. The molecule has 2 bridgehead atoms. The van der Waals surface area contributed by atoms with Gasteiger partial charge in [0.2, 0.25) is 11.8 Å². The number of hydrogen-bond donors (Lipinski definition) is 1.